The van der Waals surface area contributed by atoms with Crippen LogP contribution >= 0.6 is 0 Å². The Bertz CT molecular complexity index is 789. The molecule has 0 bridgehead atoms. The highest BCUT2D eigenvalue weighted by molar-refractivity contribution is 5.97. The second-order valence-corrected chi connectivity index (χ2v) is 6.55. The number of nitrogens with two attached hydrogens (primary N) is 1. The molecule has 27 heavy (non-hydrogen) atoms. The van der Waals surface area contributed by atoms with Crippen molar-refractivity contribution in [2.75, 3.05) is 26.2 Å². The number of benzene rings is 1. The Kier molecular flexibility index (Phi) is 6.03. The first kappa shape index (κ1) is 18.8. The van der Waals surface area contributed by atoms with E-state index >= 15 is 0 Å². The lowest BCUT2D eigenvalue weighted by atomic mass is 10.1. The van der Waals surface area contributed by atoms with Crippen LogP contribution in [0.3, 0.4) is 0 Å². The third-order valence-electron chi connectivity index (χ3n) is 4.80. The number of ether oxygens (including phenoxy) is 1. The number of aromatic nitrogens is 1. The van der Waals surface area contributed by atoms with E-state index in [2.05, 4.69) is 4.98 Å². The molecule has 0 spiro atoms. The molecule has 142 valence electrons. The van der Waals surface area contributed by atoms with Gasteiger partial charge >= 0.3 is 0 Å². The molecule has 2 heterocycles. The van der Waals surface area contributed by atoms with Crippen LogP contribution in [0, 0.1) is 0 Å². The summed E-state index contributed by atoms with van der Waals surface area (Å²) in [7, 11) is 0. The van der Waals surface area contributed by atoms with Gasteiger partial charge in [0.1, 0.15) is 12.4 Å². The van der Waals surface area contributed by atoms with Crippen molar-refractivity contribution in [1.82, 2.24) is 14.8 Å². The minimum Gasteiger partial charge on any atom is -0.488 e. The summed E-state index contributed by atoms with van der Waals surface area (Å²) in [5.74, 6) is 0.145. The number of primary amides is 1. The first-order chi connectivity index (χ1) is 13.1. The zero-order valence-corrected chi connectivity index (χ0v) is 15.4. The number of carbonyl (C=O) groups is 2. The van der Waals surface area contributed by atoms with Gasteiger partial charge in [0.2, 0.25) is 5.91 Å². The Morgan fingerprint density at radius 2 is 1.89 bits per heavy atom. The largest absolute Gasteiger partial charge is 0.488 e. The third-order valence-corrected chi connectivity index (χ3v) is 4.80. The second-order valence-electron chi connectivity index (χ2n) is 6.55. The van der Waals surface area contributed by atoms with E-state index in [4.69, 9.17) is 10.5 Å². The average Bonchev–Trinajstić information content (AvgIpc) is 2.72. The highest BCUT2D eigenvalue weighted by Gasteiger charge is 2.27. The molecular formula is C20H24N4O3. The van der Waals surface area contributed by atoms with Crippen molar-refractivity contribution in [3.63, 3.8) is 0 Å². The second kappa shape index (κ2) is 8.64. The van der Waals surface area contributed by atoms with E-state index in [-0.39, 0.29) is 17.9 Å². The van der Waals surface area contributed by atoms with Crippen molar-refractivity contribution >= 4 is 11.8 Å². The van der Waals surface area contributed by atoms with Gasteiger partial charge in [-0.05, 0) is 25.1 Å². The van der Waals surface area contributed by atoms with Gasteiger partial charge in [-0.3, -0.25) is 19.5 Å². The van der Waals surface area contributed by atoms with E-state index in [1.54, 1.807) is 36.4 Å². The molecule has 0 aliphatic carbocycles. The summed E-state index contributed by atoms with van der Waals surface area (Å²) in [6.45, 7) is 4.48. The normalized spacial score (nSPS) is 16.0. The van der Waals surface area contributed by atoms with Crippen LogP contribution in [0.4, 0.5) is 0 Å². The van der Waals surface area contributed by atoms with Gasteiger partial charge in [0, 0.05) is 44.1 Å². The van der Waals surface area contributed by atoms with Crippen molar-refractivity contribution in [3.8, 4) is 5.75 Å². The van der Waals surface area contributed by atoms with Crippen LogP contribution in [-0.2, 0) is 11.4 Å². The molecule has 3 rings (SSSR count). The molecule has 2 amide bonds. The van der Waals surface area contributed by atoms with E-state index in [0.717, 1.165) is 5.56 Å². The molecule has 2 aromatic rings. The highest BCUT2D eigenvalue weighted by Crippen LogP contribution is 2.22. The number of amides is 2. The topological polar surface area (TPSA) is 88.8 Å². The number of rotatable bonds is 6. The maximum Gasteiger partial charge on any atom is 0.257 e. The van der Waals surface area contributed by atoms with E-state index < -0.39 is 0 Å². The predicted octanol–water partition coefficient (Wildman–Crippen LogP) is 1.29. The lowest BCUT2D eigenvalue weighted by Gasteiger charge is -2.37. The number of carbonyl (C=O) groups excluding carboxylic acids is 2. The molecule has 7 heteroatoms. The van der Waals surface area contributed by atoms with Crippen molar-refractivity contribution in [2.45, 2.75) is 19.6 Å². The van der Waals surface area contributed by atoms with E-state index in [1.165, 1.54) is 0 Å². The maximum atomic E-state index is 13.0. The minimum atomic E-state index is -0.344. The molecule has 1 aliphatic rings. The van der Waals surface area contributed by atoms with Crippen LogP contribution in [0.1, 0.15) is 22.8 Å². The molecule has 2 N–H and O–H groups in total. The molecule has 1 atom stereocenters. The molecule has 1 unspecified atom stereocenters. The molecule has 1 aliphatic heterocycles. The summed E-state index contributed by atoms with van der Waals surface area (Å²) in [4.78, 5) is 32.2. The molecular weight excluding hydrogens is 344 g/mol. The van der Waals surface area contributed by atoms with Gasteiger partial charge < -0.3 is 15.4 Å². The van der Waals surface area contributed by atoms with Gasteiger partial charge in [-0.15, -0.1) is 0 Å². The molecule has 1 fully saturated rings. The van der Waals surface area contributed by atoms with Crippen molar-refractivity contribution in [3.05, 3.63) is 59.9 Å². The number of hydrogen-bond acceptors (Lipinski definition) is 5. The predicted molar refractivity (Wildman–Crippen MR) is 101 cm³/mol. The number of piperazine rings is 1. The molecule has 1 aromatic heterocycles. The van der Waals surface area contributed by atoms with Gasteiger partial charge in [0.15, 0.2) is 0 Å². The van der Waals surface area contributed by atoms with Gasteiger partial charge in [-0.25, -0.2) is 0 Å². The minimum absolute atomic E-state index is 0.0665. The molecule has 1 saturated heterocycles. The third kappa shape index (κ3) is 4.62. The maximum absolute atomic E-state index is 13.0. The van der Waals surface area contributed by atoms with Crippen LogP contribution < -0.4 is 10.5 Å². The molecule has 0 saturated carbocycles. The van der Waals surface area contributed by atoms with E-state index in [0.29, 0.717) is 44.1 Å². The Morgan fingerprint density at radius 3 is 2.56 bits per heavy atom. The standard InChI is InChI=1S/C20H24N4O3/c1-15(19(21)25)23-9-11-24(12-10-23)20(26)17-6-2-3-7-18(17)27-14-16-5-4-8-22-13-16/h2-8,13,15H,9-12,14H2,1H3,(H2,21,25). The number of nitrogens with zero attached hydrogens (tertiary/aromatic N) is 3. The number of pyridine rings is 1. The summed E-state index contributed by atoms with van der Waals surface area (Å²) in [6, 6.07) is 10.7. The zero-order chi connectivity index (χ0) is 19.2. The molecule has 7 nitrogen and oxygen atoms in total. The van der Waals surface area contributed by atoms with Crippen molar-refractivity contribution in [2.24, 2.45) is 5.73 Å². The molecule has 0 radical (unpaired) electrons. The smallest absolute Gasteiger partial charge is 0.257 e. The zero-order valence-electron chi connectivity index (χ0n) is 15.4. The van der Waals surface area contributed by atoms with Crippen LogP contribution in [-0.4, -0.2) is 58.8 Å². The Morgan fingerprint density at radius 1 is 1.15 bits per heavy atom. The number of para-hydroxylation sites is 1. The van der Waals surface area contributed by atoms with Gasteiger partial charge in [-0.2, -0.15) is 0 Å². The van der Waals surface area contributed by atoms with Crippen LogP contribution in [0.5, 0.6) is 5.75 Å². The first-order valence-corrected chi connectivity index (χ1v) is 8.99. The molecule has 1 aromatic carbocycles. The van der Waals surface area contributed by atoms with E-state index in [9.17, 15) is 9.59 Å². The first-order valence-electron chi connectivity index (χ1n) is 8.99. The summed E-state index contributed by atoms with van der Waals surface area (Å²) >= 11 is 0. The SMILES string of the molecule is CC(C(N)=O)N1CCN(C(=O)c2ccccc2OCc2cccnc2)CC1. The van der Waals surface area contributed by atoms with Crippen molar-refractivity contribution in [1.29, 1.82) is 0 Å². The van der Waals surface area contributed by atoms with Gasteiger partial charge in [0.25, 0.3) is 5.91 Å². The lowest BCUT2D eigenvalue weighted by Crippen LogP contribution is -2.54. The summed E-state index contributed by atoms with van der Waals surface area (Å²) in [5.41, 5.74) is 6.85. The van der Waals surface area contributed by atoms with Crippen molar-refractivity contribution < 1.29 is 14.3 Å². The lowest BCUT2D eigenvalue weighted by molar-refractivity contribution is -0.123. The van der Waals surface area contributed by atoms with E-state index in [1.807, 2.05) is 29.2 Å². The summed E-state index contributed by atoms with van der Waals surface area (Å²) in [6.07, 6.45) is 3.45. The Balaban J connectivity index is 1.64. The Labute approximate surface area is 158 Å². The van der Waals surface area contributed by atoms with Gasteiger partial charge in [0.05, 0.1) is 11.6 Å². The fourth-order valence-corrected chi connectivity index (χ4v) is 3.08. The Hall–Kier alpha value is -2.93. The quantitative estimate of drug-likeness (QED) is 0.830. The fourth-order valence-electron chi connectivity index (χ4n) is 3.08. The fraction of sp³-hybridized carbons (Fsp3) is 0.350. The van der Waals surface area contributed by atoms with Crippen LogP contribution in [0.15, 0.2) is 48.8 Å². The van der Waals surface area contributed by atoms with Crippen LogP contribution in [0.2, 0.25) is 0 Å². The summed E-state index contributed by atoms with van der Waals surface area (Å²) in [5, 5.41) is 0. The van der Waals surface area contributed by atoms with Gasteiger partial charge in [-0.1, -0.05) is 18.2 Å². The average molecular weight is 368 g/mol. The number of hydrogen-bond donors (Lipinski definition) is 1. The monoisotopic (exact) mass is 368 g/mol. The highest BCUT2D eigenvalue weighted by atomic mass is 16.5. The summed E-state index contributed by atoms with van der Waals surface area (Å²) < 4.78 is 5.87. The van der Waals surface area contributed by atoms with Crippen LogP contribution in [0.25, 0.3) is 0 Å².